The Hall–Kier alpha value is -3.44. The number of nitrogens with zero attached hydrogens (tertiary/aromatic N) is 1. The van der Waals surface area contributed by atoms with E-state index in [1.807, 2.05) is 84.2 Å². The zero-order valence-electron chi connectivity index (χ0n) is 16.0. The molecule has 0 radical (unpaired) electrons. The van der Waals surface area contributed by atoms with Gasteiger partial charge in [0, 0.05) is 22.2 Å². The Balaban J connectivity index is 1.47. The van der Waals surface area contributed by atoms with E-state index in [-0.39, 0.29) is 12.3 Å². The van der Waals surface area contributed by atoms with Crippen LogP contribution in [0.1, 0.15) is 5.69 Å². The van der Waals surface area contributed by atoms with Gasteiger partial charge in [-0.1, -0.05) is 48.5 Å². The topological polar surface area (TPSA) is 51.2 Å². The molecule has 4 nitrogen and oxygen atoms in total. The lowest BCUT2D eigenvalue weighted by atomic mass is 10.0. The highest BCUT2D eigenvalue weighted by atomic mass is 32.1. The van der Waals surface area contributed by atoms with Gasteiger partial charge in [-0.05, 0) is 35.9 Å². The Labute approximate surface area is 173 Å². The van der Waals surface area contributed by atoms with Crippen LogP contribution >= 0.6 is 11.3 Å². The molecular weight excluding hydrogens is 380 g/mol. The molecule has 0 aliphatic carbocycles. The highest BCUT2D eigenvalue weighted by Crippen LogP contribution is 2.28. The van der Waals surface area contributed by atoms with Gasteiger partial charge in [-0.3, -0.25) is 4.79 Å². The highest BCUT2D eigenvalue weighted by molar-refractivity contribution is 7.13. The fraction of sp³-hybridized carbons (Fsp3) is 0.0833. The van der Waals surface area contributed by atoms with Crippen LogP contribution in [0.3, 0.4) is 0 Å². The molecule has 29 heavy (non-hydrogen) atoms. The summed E-state index contributed by atoms with van der Waals surface area (Å²) in [5.41, 5.74) is 4.64. The van der Waals surface area contributed by atoms with Crippen LogP contribution in [-0.4, -0.2) is 18.0 Å². The summed E-state index contributed by atoms with van der Waals surface area (Å²) in [4.78, 5) is 17.2. The first-order chi connectivity index (χ1) is 14.2. The van der Waals surface area contributed by atoms with Crippen LogP contribution < -0.4 is 10.1 Å². The third kappa shape index (κ3) is 4.52. The van der Waals surface area contributed by atoms with Gasteiger partial charge in [0.1, 0.15) is 10.8 Å². The third-order valence-corrected chi connectivity index (χ3v) is 5.46. The van der Waals surface area contributed by atoms with Crippen molar-refractivity contribution in [3.8, 4) is 27.4 Å². The van der Waals surface area contributed by atoms with Gasteiger partial charge in [0.15, 0.2) is 0 Å². The summed E-state index contributed by atoms with van der Waals surface area (Å²) in [5.74, 6) is 0.724. The molecule has 0 aliphatic heterocycles. The highest BCUT2D eigenvalue weighted by Gasteiger charge is 2.12. The third-order valence-electron chi connectivity index (χ3n) is 4.52. The van der Waals surface area contributed by atoms with Crippen LogP contribution in [0.25, 0.3) is 21.7 Å². The van der Waals surface area contributed by atoms with Crippen molar-refractivity contribution in [2.75, 3.05) is 12.4 Å². The monoisotopic (exact) mass is 400 g/mol. The molecule has 0 saturated carbocycles. The van der Waals surface area contributed by atoms with E-state index in [1.165, 1.54) is 11.3 Å². The number of hydrogen-bond acceptors (Lipinski definition) is 4. The van der Waals surface area contributed by atoms with Crippen molar-refractivity contribution in [3.05, 3.63) is 89.9 Å². The summed E-state index contributed by atoms with van der Waals surface area (Å²) in [6, 6.07) is 25.6. The average Bonchev–Trinajstić information content (AvgIpc) is 3.23. The van der Waals surface area contributed by atoms with E-state index in [1.54, 1.807) is 7.11 Å². The number of methoxy groups -OCH3 is 1. The number of benzene rings is 3. The molecule has 4 rings (SSSR count). The minimum Gasteiger partial charge on any atom is -0.497 e. The lowest BCUT2D eigenvalue weighted by Crippen LogP contribution is -2.15. The number of rotatable bonds is 6. The Bertz CT molecular complexity index is 1110. The van der Waals surface area contributed by atoms with E-state index in [4.69, 9.17) is 4.74 Å². The number of carbonyl (C=O) groups is 1. The van der Waals surface area contributed by atoms with Crippen LogP contribution in [0.5, 0.6) is 5.75 Å². The molecule has 0 fully saturated rings. The number of ether oxygens (including phenoxy) is 1. The van der Waals surface area contributed by atoms with Crippen molar-refractivity contribution >= 4 is 22.9 Å². The number of amides is 1. The Morgan fingerprint density at radius 1 is 0.931 bits per heavy atom. The Morgan fingerprint density at radius 2 is 1.66 bits per heavy atom. The molecular formula is C24H20N2O2S. The normalized spacial score (nSPS) is 10.5. The molecule has 0 spiro atoms. The summed E-state index contributed by atoms with van der Waals surface area (Å²) in [5, 5.41) is 5.85. The molecule has 0 bridgehead atoms. The number of aromatic nitrogens is 1. The molecule has 1 amide bonds. The summed E-state index contributed by atoms with van der Waals surface area (Å²) in [7, 11) is 1.64. The van der Waals surface area contributed by atoms with Gasteiger partial charge in [0.05, 0.1) is 19.2 Å². The van der Waals surface area contributed by atoms with Crippen LogP contribution in [0, 0.1) is 0 Å². The molecule has 144 valence electrons. The quantitative estimate of drug-likeness (QED) is 0.454. The van der Waals surface area contributed by atoms with E-state index in [9.17, 15) is 4.79 Å². The minimum absolute atomic E-state index is 0.0834. The number of thiazole rings is 1. The first kappa shape index (κ1) is 18.9. The van der Waals surface area contributed by atoms with Gasteiger partial charge in [-0.25, -0.2) is 4.98 Å². The molecule has 1 heterocycles. The summed E-state index contributed by atoms with van der Waals surface area (Å²) in [6.45, 7) is 0. The standard InChI is InChI=1S/C24H20N2O2S/c1-28-20-13-11-18(12-14-20)24-25-19(16-29-24)15-23(27)26-22-10-6-5-9-21(22)17-7-3-2-4-8-17/h2-14,16H,15H2,1H3,(H,26,27). The van der Waals surface area contributed by atoms with Crippen molar-refractivity contribution < 1.29 is 9.53 Å². The van der Waals surface area contributed by atoms with Crippen LogP contribution in [0.4, 0.5) is 5.69 Å². The molecule has 0 atom stereocenters. The summed E-state index contributed by atoms with van der Waals surface area (Å²) in [6.07, 6.45) is 0.232. The van der Waals surface area contributed by atoms with E-state index in [2.05, 4.69) is 10.3 Å². The summed E-state index contributed by atoms with van der Waals surface area (Å²) >= 11 is 1.53. The molecule has 0 aliphatic rings. The second kappa shape index (κ2) is 8.71. The molecule has 1 N–H and O–H groups in total. The molecule has 3 aromatic carbocycles. The molecule has 4 aromatic rings. The SMILES string of the molecule is COc1ccc(-c2nc(CC(=O)Nc3ccccc3-c3ccccc3)cs2)cc1. The average molecular weight is 401 g/mol. The zero-order chi connectivity index (χ0) is 20.1. The fourth-order valence-electron chi connectivity index (χ4n) is 3.07. The van der Waals surface area contributed by atoms with Gasteiger partial charge in [0.2, 0.25) is 5.91 Å². The lowest BCUT2D eigenvalue weighted by Gasteiger charge is -2.11. The number of anilines is 1. The lowest BCUT2D eigenvalue weighted by molar-refractivity contribution is -0.115. The van der Waals surface area contributed by atoms with Crippen LogP contribution in [-0.2, 0) is 11.2 Å². The molecule has 5 heteroatoms. The Kier molecular flexibility index (Phi) is 5.68. The smallest absolute Gasteiger partial charge is 0.230 e. The van der Waals surface area contributed by atoms with Gasteiger partial charge in [-0.2, -0.15) is 0 Å². The van der Waals surface area contributed by atoms with Crippen molar-refractivity contribution in [1.82, 2.24) is 4.98 Å². The molecule has 1 aromatic heterocycles. The summed E-state index contributed by atoms with van der Waals surface area (Å²) < 4.78 is 5.19. The largest absolute Gasteiger partial charge is 0.497 e. The predicted molar refractivity (Wildman–Crippen MR) is 118 cm³/mol. The van der Waals surface area contributed by atoms with E-state index >= 15 is 0 Å². The number of para-hydroxylation sites is 1. The van der Waals surface area contributed by atoms with Crippen molar-refractivity contribution in [3.63, 3.8) is 0 Å². The minimum atomic E-state index is -0.0834. The number of hydrogen-bond donors (Lipinski definition) is 1. The molecule has 0 saturated heterocycles. The number of carbonyl (C=O) groups excluding carboxylic acids is 1. The van der Waals surface area contributed by atoms with Gasteiger partial charge in [0.25, 0.3) is 0 Å². The van der Waals surface area contributed by atoms with Crippen LogP contribution in [0.2, 0.25) is 0 Å². The fourth-order valence-corrected chi connectivity index (χ4v) is 3.90. The van der Waals surface area contributed by atoms with Gasteiger partial charge < -0.3 is 10.1 Å². The second-order valence-electron chi connectivity index (χ2n) is 6.51. The van der Waals surface area contributed by atoms with Gasteiger partial charge in [-0.15, -0.1) is 11.3 Å². The second-order valence-corrected chi connectivity index (χ2v) is 7.37. The first-order valence-electron chi connectivity index (χ1n) is 9.26. The molecule has 0 unspecified atom stereocenters. The zero-order valence-corrected chi connectivity index (χ0v) is 16.8. The van der Waals surface area contributed by atoms with Crippen molar-refractivity contribution in [2.45, 2.75) is 6.42 Å². The maximum atomic E-state index is 12.6. The first-order valence-corrected chi connectivity index (χ1v) is 10.1. The van der Waals surface area contributed by atoms with Gasteiger partial charge >= 0.3 is 0 Å². The van der Waals surface area contributed by atoms with E-state index < -0.39 is 0 Å². The van der Waals surface area contributed by atoms with Crippen LogP contribution in [0.15, 0.2) is 84.2 Å². The maximum Gasteiger partial charge on any atom is 0.230 e. The predicted octanol–water partition coefficient (Wildman–Crippen LogP) is 5.67. The number of nitrogens with one attached hydrogen (secondary N) is 1. The Morgan fingerprint density at radius 3 is 2.41 bits per heavy atom. The maximum absolute atomic E-state index is 12.6. The van der Waals surface area contributed by atoms with Crippen molar-refractivity contribution in [2.24, 2.45) is 0 Å². The van der Waals surface area contributed by atoms with E-state index in [0.29, 0.717) is 0 Å². The van der Waals surface area contributed by atoms with Crippen molar-refractivity contribution in [1.29, 1.82) is 0 Å². The van der Waals surface area contributed by atoms with E-state index in [0.717, 1.165) is 38.8 Å².